The van der Waals surface area contributed by atoms with Gasteiger partial charge in [0.2, 0.25) is 11.9 Å². The molecule has 6 nitrogen and oxygen atoms in total. The molecule has 0 bridgehead atoms. The van der Waals surface area contributed by atoms with Crippen molar-refractivity contribution >= 4 is 34.5 Å². The van der Waals surface area contributed by atoms with E-state index in [9.17, 15) is 9.90 Å². The molecule has 2 fully saturated rings. The molecule has 2 saturated carbocycles. The van der Waals surface area contributed by atoms with E-state index in [4.69, 9.17) is 0 Å². The van der Waals surface area contributed by atoms with Crippen LogP contribution in [-0.4, -0.2) is 39.8 Å². The van der Waals surface area contributed by atoms with Crippen molar-refractivity contribution in [1.82, 2.24) is 9.97 Å². The summed E-state index contributed by atoms with van der Waals surface area (Å²) in [5.74, 6) is 0.229. The summed E-state index contributed by atoms with van der Waals surface area (Å²) in [6.07, 6.45) is 7.14. The molecule has 2 aromatic rings. The number of anilines is 1. The molecule has 1 aromatic carbocycles. The largest absolute Gasteiger partial charge is 0.396 e. The lowest BCUT2D eigenvalue weighted by Crippen LogP contribution is -2.19. The van der Waals surface area contributed by atoms with E-state index >= 15 is 0 Å². The summed E-state index contributed by atoms with van der Waals surface area (Å²) in [5, 5.41) is 13.1. The Morgan fingerprint density at radius 2 is 2.19 bits per heavy atom. The minimum absolute atomic E-state index is 0.0758. The number of rotatable bonds is 6. The Morgan fingerprint density at radius 1 is 1.41 bits per heavy atom. The third-order valence-electron chi connectivity index (χ3n) is 5.75. The average Bonchev–Trinajstić information content (AvgIpc) is 3.49. The minimum atomic E-state index is -0.382. The van der Waals surface area contributed by atoms with Gasteiger partial charge in [0.15, 0.2) is 0 Å². The van der Waals surface area contributed by atoms with Gasteiger partial charge in [-0.2, -0.15) is 0 Å². The van der Waals surface area contributed by atoms with E-state index < -0.39 is 0 Å². The number of carbonyl (C=O) groups is 1. The molecule has 2 aliphatic carbocycles. The van der Waals surface area contributed by atoms with Crippen molar-refractivity contribution in [3.63, 3.8) is 0 Å². The Morgan fingerprint density at radius 3 is 2.81 bits per heavy atom. The zero-order valence-corrected chi connectivity index (χ0v) is 15.9. The smallest absolute Gasteiger partial charge is 0.233 e. The quantitative estimate of drug-likeness (QED) is 0.771. The number of hydrogen-bond donors (Lipinski definition) is 2. The number of fused-ring (bicyclic) bond motifs is 2. The van der Waals surface area contributed by atoms with Gasteiger partial charge in [0, 0.05) is 35.9 Å². The van der Waals surface area contributed by atoms with Gasteiger partial charge < -0.3 is 5.11 Å². The van der Waals surface area contributed by atoms with Crippen LogP contribution in [0.1, 0.15) is 39.2 Å². The van der Waals surface area contributed by atoms with Crippen molar-refractivity contribution in [1.29, 1.82) is 0 Å². The van der Waals surface area contributed by atoms with E-state index in [0.29, 0.717) is 5.95 Å². The molecule has 2 aliphatic rings. The van der Waals surface area contributed by atoms with Gasteiger partial charge >= 0.3 is 0 Å². The van der Waals surface area contributed by atoms with E-state index in [1.165, 1.54) is 0 Å². The number of aromatic nitrogens is 2. The zero-order chi connectivity index (χ0) is 19.2. The molecule has 2 N–H and O–H groups in total. The molecule has 27 heavy (non-hydrogen) atoms. The van der Waals surface area contributed by atoms with Gasteiger partial charge in [0.1, 0.15) is 0 Å². The number of aliphatic imine (C=N–C) groups is 1. The fraction of sp³-hybridized carbons (Fsp3) is 0.429. The molecule has 1 aromatic heterocycles. The second kappa shape index (κ2) is 6.23. The number of carbonyl (C=O) groups excluding carboxylic acids is 1. The highest BCUT2D eigenvalue weighted by molar-refractivity contribution is 6.10. The fourth-order valence-corrected chi connectivity index (χ4v) is 3.71. The number of aliphatic hydroxyl groups excluding tert-OH is 1. The van der Waals surface area contributed by atoms with E-state index in [1.807, 2.05) is 51.3 Å². The number of benzene rings is 1. The molecular formula is C21H24N4O2. The highest BCUT2D eigenvalue weighted by atomic mass is 16.3. The summed E-state index contributed by atoms with van der Waals surface area (Å²) in [5.41, 5.74) is 2.27. The molecule has 0 spiro atoms. The van der Waals surface area contributed by atoms with Crippen LogP contribution in [0.5, 0.6) is 0 Å². The van der Waals surface area contributed by atoms with Gasteiger partial charge in [-0.1, -0.05) is 18.2 Å². The van der Waals surface area contributed by atoms with Gasteiger partial charge in [-0.3, -0.25) is 15.1 Å². The summed E-state index contributed by atoms with van der Waals surface area (Å²) in [4.78, 5) is 25.7. The molecule has 0 atom stereocenters. The number of allylic oxidation sites excluding steroid dienone is 2. The van der Waals surface area contributed by atoms with E-state index in [-0.39, 0.29) is 29.4 Å². The number of nitrogens with one attached hydrogen (secondary N) is 1. The average molecular weight is 364 g/mol. The highest BCUT2D eigenvalue weighted by Crippen LogP contribution is 2.85. The predicted molar refractivity (Wildman–Crippen MR) is 107 cm³/mol. The topological polar surface area (TPSA) is 87.5 Å². The summed E-state index contributed by atoms with van der Waals surface area (Å²) >= 11 is 0. The standard InChI is InChI=1S/C21H24N4O2/c1-4-14(8-22-13(2)3)15-5-6-16-9-23-19(24-17(16)7-15)25-18(27)21-10-20(21,11-21)12-26/h4-9,13,26H,10-12H2,1-3H3,(H,23,24,25,27)/b14-4+,22-8?. The number of amides is 1. The molecule has 0 unspecified atom stereocenters. The van der Waals surface area contributed by atoms with Crippen LogP contribution >= 0.6 is 0 Å². The Labute approximate surface area is 158 Å². The van der Waals surface area contributed by atoms with Crippen molar-refractivity contribution in [2.75, 3.05) is 11.9 Å². The normalized spacial score (nSPS) is 26.5. The lowest BCUT2D eigenvalue weighted by molar-refractivity contribution is -0.119. The first-order chi connectivity index (χ1) is 12.9. The van der Waals surface area contributed by atoms with Crippen molar-refractivity contribution in [2.45, 2.75) is 39.7 Å². The molecular weight excluding hydrogens is 340 g/mol. The van der Waals surface area contributed by atoms with E-state index in [1.54, 1.807) is 6.20 Å². The number of nitrogens with zero attached hydrogens (tertiary/aromatic N) is 3. The van der Waals surface area contributed by atoms with Crippen molar-refractivity contribution in [3.05, 3.63) is 36.0 Å². The predicted octanol–water partition coefficient (Wildman–Crippen LogP) is 3.22. The first kappa shape index (κ1) is 17.8. The lowest BCUT2D eigenvalue weighted by atomic mass is 10.0. The minimum Gasteiger partial charge on any atom is -0.396 e. The Balaban J connectivity index is 1.57. The summed E-state index contributed by atoms with van der Waals surface area (Å²) in [7, 11) is 0. The van der Waals surface area contributed by atoms with Gasteiger partial charge in [0.05, 0.1) is 10.9 Å². The second-order valence-electron chi connectivity index (χ2n) is 7.91. The summed E-state index contributed by atoms with van der Waals surface area (Å²) in [6.45, 7) is 6.13. The number of hydrogen-bond acceptors (Lipinski definition) is 5. The molecule has 0 aliphatic heterocycles. The number of aliphatic hydroxyl groups is 1. The van der Waals surface area contributed by atoms with Crippen molar-refractivity contribution in [3.8, 4) is 0 Å². The van der Waals surface area contributed by atoms with Gasteiger partial charge in [-0.05, 0) is 50.8 Å². The summed E-state index contributed by atoms with van der Waals surface area (Å²) in [6, 6.07) is 6.22. The molecule has 0 radical (unpaired) electrons. The molecule has 6 heteroatoms. The van der Waals surface area contributed by atoms with E-state index in [0.717, 1.165) is 34.9 Å². The molecule has 140 valence electrons. The van der Waals surface area contributed by atoms with E-state index in [2.05, 4.69) is 20.3 Å². The maximum Gasteiger partial charge on any atom is 0.233 e. The first-order valence-corrected chi connectivity index (χ1v) is 9.32. The Hall–Kier alpha value is -2.60. The lowest BCUT2D eigenvalue weighted by Gasteiger charge is -2.08. The molecule has 4 rings (SSSR count). The van der Waals surface area contributed by atoms with Gasteiger partial charge in [0.25, 0.3) is 0 Å². The fourth-order valence-electron chi connectivity index (χ4n) is 3.71. The van der Waals surface area contributed by atoms with Gasteiger partial charge in [-0.15, -0.1) is 0 Å². The van der Waals surface area contributed by atoms with Crippen LogP contribution in [0, 0.1) is 10.8 Å². The van der Waals surface area contributed by atoms with Crippen LogP contribution in [0.2, 0.25) is 0 Å². The van der Waals surface area contributed by atoms with Crippen LogP contribution in [0.15, 0.2) is 35.5 Å². The highest BCUT2D eigenvalue weighted by Gasteiger charge is 2.86. The Kier molecular flexibility index (Phi) is 4.11. The molecule has 1 amide bonds. The second-order valence-corrected chi connectivity index (χ2v) is 7.91. The maximum absolute atomic E-state index is 12.5. The summed E-state index contributed by atoms with van der Waals surface area (Å²) < 4.78 is 0. The SMILES string of the molecule is C/C=C(\C=NC(C)C)c1ccc2cnc(NC(=O)C34CC3(CO)C4)nc2c1. The Bertz CT molecular complexity index is 971. The zero-order valence-electron chi connectivity index (χ0n) is 15.9. The van der Waals surface area contributed by atoms with Crippen molar-refractivity contribution in [2.24, 2.45) is 15.8 Å². The van der Waals surface area contributed by atoms with Crippen LogP contribution in [0.3, 0.4) is 0 Å². The third-order valence-corrected chi connectivity index (χ3v) is 5.75. The van der Waals surface area contributed by atoms with Crippen molar-refractivity contribution < 1.29 is 9.90 Å². The third kappa shape index (κ3) is 2.94. The van der Waals surface area contributed by atoms with Crippen LogP contribution < -0.4 is 5.32 Å². The van der Waals surface area contributed by atoms with Gasteiger partial charge in [-0.25, -0.2) is 9.97 Å². The molecule has 0 saturated heterocycles. The van der Waals surface area contributed by atoms with Crippen LogP contribution in [0.4, 0.5) is 5.95 Å². The first-order valence-electron chi connectivity index (χ1n) is 9.32. The monoisotopic (exact) mass is 364 g/mol. The molecule has 1 heterocycles. The maximum atomic E-state index is 12.5. The van der Waals surface area contributed by atoms with Crippen LogP contribution in [-0.2, 0) is 4.79 Å². The van der Waals surface area contributed by atoms with Crippen LogP contribution in [0.25, 0.3) is 16.5 Å².